The predicted molar refractivity (Wildman–Crippen MR) is 121 cm³/mol. The molecular weight excluding hydrogens is 450 g/mol. The number of anilines is 1. The normalized spacial score (nSPS) is 21.6. The molecule has 0 bridgehead atoms. The van der Waals surface area contributed by atoms with Crippen LogP contribution in [0.2, 0.25) is 0 Å². The Kier molecular flexibility index (Phi) is 7.25. The van der Waals surface area contributed by atoms with Gasteiger partial charge in [0.2, 0.25) is 15.9 Å². The fourth-order valence-corrected chi connectivity index (χ4v) is 5.23. The molecule has 3 fully saturated rings. The zero-order valence-electron chi connectivity index (χ0n) is 19.1. The van der Waals surface area contributed by atoms with E-state index in [2.05, 4.69) is 9.97 Å². The predicted octanol–water partition coefficient (Wildman–Crippen LogP) is 0.701. The number of carbonyl (C=O) groups excluding carboxylic acids is 1. The third kappa shape index (κ3) is 6.24. The van der Waals surface area contributed by atoms with Crippen LogP contribution in [0.1, 0.15) is 32.6 Å². The SMILES string of the molecule is CC1(OC(=O)N2CCC(COc3cnc(N4CCN(S(=O)(=O)CCO)CC4)cn3)CC2)CC1. The summed E-state index contributed by atoms with van der Waals surface area (Å²) in [5, 5.41) is 8.92. The van der Waals surface area contributed by atoms with Gasteiger partial charge < -0.3 is 24.4 Å². The van der Waals surface area contributed by atoms with Gasteiger partial charge >= 0.3 is 6.09 Å². The van der Waals surface area contributed by atoms with Crippen molar-refractivity contribution in [3.63, 3.8) is 0 Å². The highest BCUT2D eigenvalue weighted by atomic mass is 32.2. The lowest BCUT2D eigenvalue weighted by atomic mass is 9.98. The molecule has 33 heavy (non-hydrogen) atoms. The van der Waals surface area contributed by atoms with Gasteiger partial charge in [0.15, 0.2) is 0 Å². The number of hydrogen-bond donors (Lipinski definition) is 1. The molecule has 1 aromatic heterocycles. The van der Waals surface area contributed by atoms with Gasteiger partial charge in [0.05, 0.1) is 31.4 Å². The number of piperazine rings is 1. The first-order valence-corrected chi connectivity index (χ1v) is 13.2. The van der Waals surface area contributed by atoms with Crippen LogP contribution in [0.25, 0.3) is 0 Å². The lowest BCUT2D eigenvalue weighted by molar-refractivity contribution is 0.0454. The van der Waals surface area contributed by atoms with Crippen molar-refractivity contribution in [2.45, 2.75) is 38.2 Å². The highest BCUT2D eigenvalue weighted by molar-refractivity contribution is 7.89. The molecule has 0 unspecified atom stereocenters. The van der Waals surface area contributed by atoms with Crippen LogP contribution in [-0.4, -0.2) is 103 Å². The summed E-state index contributed by atoms with van der Waals surface area (Å²) in [7, 11) is -3.41. The number of piperidine rings is 1. The van der Waals surface area contributed by atoms with Gasteiger partial charge in [-0.1, -0.05) is 0 Å². The second-order valence-electron chi connectivity index (χ2n) is 9.20. The molecule has 184 valence electrons. The van der Waals surface area contributed by atoms with E-state index in [-0.39, 0.29) is 24.1 Å². The van der Waals surface area contributed by atoms with Crippen LogP contribution >= 0.6 is 0 Å². The van der Waals surface area contributed by atoms with Crippen molar-refractivity contribution >= 4 is 21.9 Å². The first-order chi connectivity index (χ1) is 15.8. The van der Waals surface area contributed by atoms with E-state index in [9.17, 15) is 13.2 Å². The summed E-state index contributed by atoms with van der Waals surface area (Å²) < 4.78 is 36.9. The quantitative estimate of drug-likeness (QED) is 0.569. The van der Waals surface area contributed by atoms with E-state index in [1.807, 2.05) is 11.8 Å². The van der Waals surface area contributed by atoms with Gasteiger partial charge in [0, 0.05) is 39.3 Å². The third-order valence-corrected chi connectivity index (χ3v) is 8.40. The maximum absolute atomic E-state index is 12.2. The van der Waals surface area contributed by atoms with Crippen molar-refractivity contribution < 1.29 is 27.8 Å². The molecule has 0 spiro atoms. The Balaban J connectivity index is 1.18. The molecule has 0 aromatic carbocycles. The summed E-state index contributed by atoms with van der Waals surface area (Å²) in [6.45, 7) is 5.21. The highest BCUT2D eigenvalue weighted by Crippen LogP contribution is 2.39. The Morgan fingerprint density at radius 2 is 1.82 bits per heavy atom. The van der Waals surface area contributed by atoms with E-state index in [0.717, 1.165) is 25.7 Å². The van der Waals surface area contributed by atoms with Gasteiger partial charge in [-0.15, -0.1) is 0 Å². The van der Waals surface area contributed by atoms with Crippen LogP contribution in [0.4, 0.5) is 10.6 Å². The highest BCUT2D eigenvalue weighted by Gasteiger charge is 2.43. The molecular formula is C21H33N5O6S. The minimum atomic E-state index is -3.41. The lowest BCUT2D eigenvalue weighted by Gasteiger charge is -2.34. The van der Waals surface area contributed by atoms with Crippen molar-refractivity contribution in [1.29, 1.82) is 0 Å². The van der Waals surface area contributed by atoms with Gasteiger partial charge in [0.1, 0.15) is 11.4 Å². The Morgan fingerprint density at radius 1 is 1.12 bits per heavy atom. The number of hydrogen-bond acceptors (Lipinski definition) is 9. The monoisotopic (exact) mass is 483 g/mol. The van der Waals surface area contributed by atoms with Crippen LogP contribution in [-0.2, 0) is 14.8 Å². The van der Waals surface area contributed by atoms with Crippen LogP contribution < -0.4 is 9.64 Å². The molecule has 12 heteroatoms. The number of amides is 1. The average molecular weight is 484 g/mol. The van der Waals surface area contributed by atoms with E-state index < -0.39 is 10.0 Å². The van der Waals surface area contributed by atoms with Crippen LogP contribution in [0.3, 0.4) is 0 Å². The van der Waals surface area contributed by atoms with Crippen molar-refractivity contribution in [3.05, 3.63) is 12.4 Å². The fourth-order valence-electron chi connectivity index (χ4n) is 4.03. The standard InChI is InChI=1S/C21H33N5O6S/c1-21(4-5-21)32-20(28)25-6-2-17(3-7-25)16-31-19-15-22-18(14-23-19)24-8-10-26(11-9-24)33(29,30)13-12-27/h14-15,17,27H,2-13,16H2,1H3. The second kappa shape index (κ2) is 9.98. The van der Waals surface area contributed by atoms with Crippen molar-refractivity contribution in [3.8, 4) is 5.88 Å². The average Bonchev–Trinajstić information content (AvgIpc) is 3.55. The molecule has 1 aromatic rings. The van der Waals surface area contributed by atoms with E-state index in [1.54, 1.807) is 17.3 Å². The third-order valence-electron chi connectivity index (χ3n) is 6.55. The minimum absolute atomic E-state index is 0.206. The summed E-state index contributed by atoms with van der Waals surface area (Å²) >= 11 is 0. The number of aromatic nitrogens is 2. The number of nitrogens with zero attached hydrogens (tertiary/aromatic N) is 5. The maximum atomic E-state index is 12.2. The van der Waals surface area contributed by atoms with Crippen molar-refractivity contribution in [2.24, 2.45) is 5.92 Å². The molecule has 1 amide bonds. The zero-order valence-corrected chi connectivity index (χ0v) is 19.9. The molecule has 3 aliphatic rings. The van der Waals surface area contributed by atoms with E-state index in [4.69, 9.17) is 14.6 Å². The number of rotatable bonds is 8. The summed E-state index contributed by atoms with van der Waals surface area (Å²) in [4.78, 5) is 24.7. The zero-order chi connectivity index (χ0) is 23.5. The van der Waals surface area contributed by atoms with E-state index in [0.29, 0.717) is 63.5 Å². The smallest absolute Gasteiger partial charge is 0.410 e. The maximum Gasteiger partial charge on any atom is 0.410 e. The van der Waals surface area contributed by atoms with Crippen LogP contribution in [0.15, 0.2) is 12.4 Å². The van der Waals surface area contributed by atoms with Gasteiger partial charge in [-0.3, -0.25) is 0 Å². The Bertz CT molecular complexity index is 908. The molecule has 3 heterocycles. The van der Waals surface area contributed by atoms with Gasteiger partial charge in [-0.05, 0) is 38.5 Å². The molecule has 2 aliphatic heterocycles. The van der Waals surface area contributed by atoms with Crippen molar-refractivity contribution in [2.75, 3.05) is 63.1 Å². The van der Waals surface area contributed by atoms with Gasteiger partial charge in [-0.25, -0.2) is 23.2 Å². The minimum Gasteiger partial charge on any atom is -0.476 e. The number of ether oxygens (including phenoxy) is 2. The van der Waals surface area contributed by atoms with Crippen LogP contribution in [0, 0.1) is 5.92 Å². The molecule has 0 radical (unpaired) electrons. The Hall–Kier alpha value is -2.18. The lowest BCUT2D eigenvalue weighted by Crippen LogP contribution is -2.49. The molecule has 1 N–H and O–H groups in total. The number of carbonyl (C=O) groups is 1. The first kappa shape index (κ1) is 24.0. The van der Waals surface area contributed by atoms with Gasteiger partial charge in [0.25, 0.3) is 0 Å². The van der Waals surface area contributed by atoms with Crippen LogP contribution in [0.5, 0.6) is 5.88 Å². The largest absolute Gasteiger partial charge is 0.476 e. The molecule has 11 nitrogen and oxygen atoms in total. The molecule has 2 saturated heterocycles. The van der Waals surface area contributed by atoms with E-state index >= 15 is 0 Å². The van der Waals surface area contributed by atoms with E-state index in [1.165, 1.54) is 4.31 Å². The topological polar surface area (TPSA) is 125 Å². The number of aliphatic hydroxyl groups is 1. The summed E-state index contributed by atoms with van der Waals surface area (Å²) in [6.07, 6.45) is 6.65. The number of likely N-dealkylation sites (tertiary alicyclic amines) is 1. The van der Waals surface area contributed by atoms with Gasteiger partial charge in [-0.2, -0.15) is 4.31 Å². The fraction of sp³-hybridized carbons (Fsp3) is 0.762. The summed E-state index contributed by atoms with van der Waals surface area (Å²) in [6, 6.07) is 0. The Morgan fingerprint density at radius 3 is 2.39 bits per heavy atom. The summed E-state index contributed by atoms with van der Waals surface area (Å²) in [5.41, 5.74) is -0.243. The first-order valence-electron chi connectivity index (χ1n) is 11.5. The molecule has 0 atom stereocenters. The molecule has 1 saturated carbocycles. The number of aliphatic hydroxyl groups excluding tert-OH is 1. The number of sulfonamides is 1. The van der Waals surface area contributed by atoms with Crippen molar-refractivity contribution in [1.82, 2.24) is 19.2 Å². The summed E-state index contributed by atoms with van der Waals surface area (Å²) in [5.74, 6) is 1.23. The second-order valence-corrected chi connectivity index (χ2v) is 11.3. The molecule has 1 aliphatic carbocycles. The Labute approximate surface area is 194 Å². The molecule has 4 rings (SSSR count).